The van der Waals surface area contributed by atoms with Crippen molar-refractivity contribution in [2.24, 2.45) is 11.8 Å². The van der Waals surface area contributed by atoms with Crippen molar-refractivity contribution < 1.29 is 13.9 Å². The quantitative estimate of drug-likeness (QED) is 0.523. The zero-order valence-corrected chi connectivity index (χ0v) is 20.0. The normalized spacial score (nSPS) is 20.6. The second kappa shape index (κ2) is 10.7. The number of halogens is 2. The van der Waals surface area contributed by atoms with Gasteiger partial charge in [-0.3, -0.25) is 4.79 Å². The van der Waals surface area contributed by atoms with E-state index in [0.29, 0.717) is 60.7 Å². The van der Waals surface area contributed by atoms with E-state index in [1.165, 1.54) is 18.5 Å². The molecule has 1 saturated carbocycles. The van der Waals surface area contributed by atoms with E-state index < -0.39 is 5.82 Å². The molecule has 2 aromatic heterocycles. The first-order chi connectivity index (χ1) is 17.1. The van der Waals surface area contributed by atoms with E-state index in [9.17, 15) is 9.18 Å². The van der Waals surface area contributed by atoms with Gasteiger partial charge >= 0.3 is 0 Å². The molecule has 3 heterocycles. The van der Waals surface area contributed by atoms with Crippen LogP contribution in [0, 0.1) is 17.7 Å². The lowest BCUT2D eigenvalue weighted by Gasteiger charge is -2.34. The second-order valence-corrected chi connectivity index (χ2v) is 9.35. The van der Waals surface area contributed by atoms with Gasteiger partial charge in [0.15, 0.2) is 5.82 Å². The van der Waals surface area contributed by atoms with Crippen LogP contribution in [-0.4, -0.2) is 63.6 Å². The van der Waals surface area contributed by atoms with Crippen LogP contribution in [0.2, 0.25) is 5.02 Å². The van der Waals surface area contributed by atoms with Crippen LogP contribution in [0.25, 0.3) is 11.0 Å². The van der Waals surface area contributed by atoms with Gasteiger partial charge in [0.2, 0.25) is 11.9 Å². The number of carbonyl (C=O) groups is 1. The van der Waals surface area contributed by atoms with E-state index in [0.717, 1.165) is 32.2 Å². The molecule has 1 amide bonds. The molecule has 0 bridgehead atoms. The fourth-order valence-corrected chi connectivity index (χ4v) is 4.81. The van der Waals surface area contributed by atoms with Crippen molar-refractivity contribution in [2.75, 3.05) is 43.5 Å². The molecule has 0 spiro atoms. The first-order valence-electron chi connectivity index (χ1n) is 11.9. The first-order valence-corrected chi connectivity index (χ1v) is 12.2. The number of fused-ring (bicyclic) bond motifs is 1. The van der Waals surface area contributed by atoms with Gasteiger partial charge < -0.3 is 20.3 Å². The highest BCUT2D eigenvalue weighted by molar-refractivity contribution is 6.31. The zero-order valence-electron chi connectivity index (χ0n) is 19.2. The number of ether oxygens (including phenoxy) is 1. The Morgan fingerprint density at radius 2 is 1.94 bits per heavy atom. The smallest absolute Gasteiger partial charge is 0.225 e. The third-order valence-corrected chi connectivity index (χ3v) is 6.92. The summed E-state index contributed by atoms with van der Waals surface area (Å²) in [6.07, 6.45) is 6.85. The van der Waals surface area contributed by atoms with Crippen molar-refractivity contribution in [3.8, 4) is 0 Å². The lowest BCUT2D eigenvalue weighted by molar-refractivity contribution is -0.140. The summed E-state index contributed by atoms with van der Waals surface area (Å²) in [4.78, 5) is 32.2. The predicted molar refractivity (Wildman–Crippen MR) is 131 cm³/mol. The summed E-state index contributed by atoms with van der Waals surface area (Å²) in [6, 6.07) is 4.36. The summed E-state index contributed by atoms with van der Waals surface area (Å²) < 4.78 is 18.8. The largest absolute Gasteiger partial charge is 0.378 e. The molecule has 1 aromatic carbocycles. The number of benzene rings is 1. The summed E-state index contributed by atoms with van der Waals surface area (Å²) in [5.41, 5.74) is 1.72. The minimum absolute atomic E-state index is 0.0201. The van der Waals surface area contributed by atoms with Gasteiger partial charge in [0.1, 0.15) is 23.2 Å². The molecule has 35 heavy (non-hydrogen) atoms. The number of carbonyl (C=O) groups excluding carboxylic acids is 1. The van der Waals surface area contributed by atoms with Gasteiger partial charge in [0.25, 0.3) is 0 Å². The maximum Gasteiger partial charge on any atom is 0.225 e. The third-order valence-electron chi connectivity index (χ3n) is 6.63. The van der Waals surface area contributed by atoms with Crippen LogP contribution in [0.1, 0.15) is 25.7 Å². The molecule has 0 atom stereocenters. The van der Waals surface area contributed by atoms with E-state index in [2.05, 4.69) is 30.6 Å². The van der Waals surface area contributed by atoms with E-state index in [1.54, 1.807) is 12.3 Å². The SMILES string of the molecule is O=C(C1CCC(CNc2ncc3ncnc(Nc4ccc(F)c(Cl)c4)c3n2)CC1)N1CCOCC1. The maximum atomic E-state index is 13.5. The van der Waals surface area contributed by atoms with Crippen molar-refractivity contribution in [1.29, 1.82) is 0 Å². The van der Waals surface area contributed by atoms with Crippen LogP contribution in [0.4, 0.5) is 21.8 Å². The molecule has 1 aliphatic carbocycles. The fourth-order valence-electron chi connectivity index (χ4n) is 4.63. The number of anilines is 3. The van der Waals surface area contributed by atoms with Gasteiger partial charge in [-0.25, -0.2) is 24.3 Å². The van der Waals surface area contributed by atoms with Crippen molar-refractivity contribution in [2.45, 2.75) is 25.7 Å². The number of nitrogens with one attached hydrogen (secondary N) is 2. The lowest BCUT2D eigenvalue weighted by Crippen LogP contribution is -2.44. The van der Waals surface area contributed by atoms with Crippen LogP contribution < -0.4 is 10.6 Å². The molecule has 2 fully saturated rings. The molecule has 11 heteroatoms. The Morgan fingerprint density at radius 3 is 2.71 bits per heavy atom. The van der Waals surface area contributed by atoms with E-state index in [1.807, 2.05) is 4.90 Å². The molecule has 5 rings (SSSR count). The third kappa shape index (κ3) is 5.59. The molecular weight excluding hydrogens is 473 g/mol. The number of hydrogen-bond donors (Lipinski definition) is 2. The summed E-state index contributed by atoms with van der Waals surface area (Å²) in [5, 5.41) is 6.48. The Bertz CT molecular complexity index is 1200. The molecule has 2 N–H and O–H groups in total. The lowest BCUT2D eigenvalue weighted by atomic mass is 9.81. The number of aromatic nitrogens is 4. The minimum atomic E-state index is -0.488. The standard InChI is InChI=1S/C24H27ClFN7O2/c25-18-11-17(5-6-19(18)26)31-22-21-20(29-14-30-22)13-28-24(32-21)27-12-15-1-3-16(4-2-15)23(34)33-7-9-35-10-8-33/h5-6,11,13-16H,1-4,7-10,12H2,(H,27,28,32)(H,29,30,31). The zero-order chi connectivity index (χ0) is 24.2. The summed E-state index contributed by atoms with van der Waals surface area (Å²) in [7, 11) is 0. The Kier molecular flexibility index (Phi) is 7.19. The molecule has 3 aromatic rings. The maximum absolute atomic E-state index is 13.5. The van der Waals surface area contributed by atoms with Gasteiger partial charge in [-0.05, 0) is 49.8 Å². The predicted octanol–water partition coefficient (Wildman–Crippen LogP) is 4.03. The van der Waals surface area contributed by atoms with Crippen LogP contribution in [0.15, 0.2) is 30.7 Å². The number of hydrogen-bond acceptors (Lipinski definition) is 8. The molecule has 184 valence electrons. The van der Waals surface area contributed by atoms with Crippen molar-refractivity contribution >= 4 is 46.0 Å². The topological polar surface area (TPSA) is 105 Å². The molecule has 9 nitrogen and oxygen atoms in total. The van der Waals surface area contributed by atoms with Crippen LogP contribution in [0.5, 0.6) is 0 Å². The highest BCUT2D eigenvalue weighted by atomic mass is 35.5. The van der Waals surface area contributed by atoms with E-state index >= 15 is 0 Å². The van der Waals surface area contributed by atoms with Gasteiger partial charge in [0.05, 0.1) is 24.4 Å². The van der Waals surface area contributed by atoms with Gasteiger partial charge in [-0.2, -0.15) is 0 Å². The van der Waals surface area contributed by atoms with Crippen LogP contribution in [-0.2, 0) is 9.53 Å². The van der Waals surface area contributed by atoms with Gasteiger partial charge in [-0.15, -0.1) is 0 Å². The first kappa shape index (κ1) is 23.6. The average molecular weight is 500 g/mol. The Morgan fingerprint density at radius 1 is 1.14 bits per heavy atom. The van der Waals surface area contributed by atoms with Gasteiger partial charge in [-0.1, -0.05) is 11.6 Å². The number of nitrogens with zero attached hydrogens (tertiary/aromatic N) is 5. The highest BCUT2D eigenvalue weighted by Crippen LogP contribution is 2.31. The van der Waals surface area contributed by atoms with E-state index in [4.69, 9.17) is 16.3 Å². The molecule has 1 aliphatic heterocycles. The Hall–Kier alpha value is -3.11. The number of amides is 1. The van der Waals surface area contributed by atoms with Crippen molar-refractivity contribution in [1.82, 2.24) is 24.8 Å². The second-order valence-electron chi connectivity index (χ2n) is 8.94. The number of rotatable bonds is 6. The highest BCUT2D eigenvalue weighted by Gasteiger charge is 2.30. The van der Waals surface area contributed by atoms with Crippen LogP contribution in [0.3, 0.4) is 0 Å². The minimum Gasteiger partial charge on any atom is -0.378 e. The van der Waals surface area contributed by atoms with Crippen molar-refractivity contribution in [3.05, 3.63) is 41.6 Å². The van der Waals surface area contributed by atoms with Crippen LogP contribution >= 0.6 is 11.6 Å². The van der Waals surface area contributed by atoms with E-state index in [-0.39, 0.29) is 16.8 Å². The molecule has 0 radical (unpaired) electrons. The Labute approximate surface area is 207 Å². The number of morpholine rings is 1. The van der Waals surface area contributed by atoms with Gasteiger partial charge in [0, 0.05) is 31.2 Å². The fraction of sp³-hybridized carbons (Fsp3) is 0.458. The average Bonchev–Trinajstić information content (AvgIpc) is 2.90. The summed E-state index contributed by atoms with van der Waals surface area (Å²) in [6.45, 7) is 3.41. The summed E-state index contributed by atoms with van der Waals surface area (Å²) in [5.74, 6) is 1.32. The molecule has 0 unspecified atom stereocenters. The summed E-state index contributed by atoms with van der Waals surface area (Å²) >= 11 is 5.89. The molecule has 2 aliphatic rings. The Balaban J connectivity index is 1.19. The monoisotopic (exact) mass is 499 g/mol. The molecular formula is C24H27ClFN7O2. The van der Waals surface area contributed by atoms with Crippen molar-refractivity contribution in [3.63, 3.8) is 0 Å². The molecule has 1 saturated heterocycles.